The maximum atomic E-state index is 13.9. The monoisotopic (exact) mass is 646 g/mol. The average molecular weight is 647 g/mol. The summed E-state index contributed by atoms with van der Waals surface area (Å²) in [5.74, 6) is -0.221. The summed E-state index contributed by atoms with van der Waals surface area (Å²) in [5.41, 5.74) is 6.47. The van der Waals surface area contributed by atoms with E-state index in [9.17, 15) is 13.2 Å². The molecule has 2 aliphatic heterocycles. The van der Waals surface area contributed by atoms with Gasteiger partial charge in [0.05, 0.1) is 18.2 Å². The number of nitrogens with one attached hydrogen (secondary N) is 1. The molecule has 0 spiro atoms. The maximum absolute atomic E-state index is 13.9. The smallest absolute Gasteiger partial charge is 0.248 e. The van der Waals surface area contributed by atoms with E-state index in [1.807, 2.05) is 56.6 Å². The molecule has 4 heterocycles. The number of sulfonamides is 1. The summed E-state index contributed by atoms with van der Waals surface area (Å²) in [6.45, 7) is 10.3. The van der Waals surface area contributed by atoms with Gasteiger partial charge in [0, 0.05) is 44.8 Å². The van der Waals surface area contributed by atoms with Crippen molar-refractivity contribution in [2.24, 2.45) is 0 Å². The SMILES string of the molecule is CC[C@@H]1CN(Cc2cc(C(CC(=O)NCC3CCCO3)c3ccc4c(nnn4CC)c3C)ccc2C)S(=O)(=O)c2cccnc2O1. The molecule has 46 heavy (non-hydrogen) atoms. The van der Waals surface area contributed by atoms with Gasteiger partial charge in [0.15, 0.2) is 0 Å². The second kappa shape index (κ2) is 13.5. The number of benzene rings is 2. The summed E-state index contributed by atoms with van der Waals surface area (Å²) in [6.07, 6.45) is 4.06. The number of amides is 1. The molecule has 1 amide bonds. The van der Waals surface area contributed by atoms with E-state index in [1.54, 1.807) is 18.3 Å². The van der Waals surface area contributed by atoms with E-state index in [1.165, 1.54) is 4.31 Å². The van der Waals surface area contributed by atoms with Gasteiger partial charge in [0.2, 0.25) is 21.8 Å². The van der Waals surface area contributed by atoms with Crippen LogP contribution in [0.25, 0.3) is 11.0 Å². The van der Waals surface area contributed by atoms with E-state index in [0.29, 0.717) is 19.5 Å². The van der Waals surface area contributed by atoms with Crippen LogP contribution in [-0.4, -0.2) is 70.5 Å². The molecule has 3 atom stereocenters. The van der Waals surface area contributed by atoms with E-state index < -0.39 is 10.0 Å². The van der Waals surface area contributed by atoms with Gasteiger partial charge < -0.3 is 14.8 Å². The number of aromatic nitrogens is 4. The van der Waals surface area contributed by atoms with Gasteiger partial charge in [-0.05, 0) is 86.1 Å². The Morgan fingerprint density at radius 2 is 1.98 bits per heavy atom. The molecule has 1 saturated heterocycles. The van der Waals surface area contributed by atoms with Crippen LogP contribution in [0.3, 0.4) is 0 Å². The minimum absolute atomic E-state index is 0.0439. The van der Waals surface area contributed by atoms with Gasteiger partial charge >= 0.3 is 0 Å². The van der Waals surface area contributed by atoms with Crippen LogP contribution < -0.4 is 10.1 Å². The zero-order valence-corrected chi connectivity index (χ0v) is 27.7. The summed E-state index contributed by atoms with van der Waals surface area (Å²) in [7, 11) is -3.88. The van der Waals surface area contributed by atoms with Crippen LogP contribution in [0.4, 0.5) is 0 Å². The van der Waals surface area contributed by atoms with E-state index >= 15 is 0 Å². The Labute approximate surface area is 270 Å². The molecule has 2 unspecified atom stereocenters. The molecule has 1 N–H and O–H groups in total. The van der Waals surface area contributed by atoms with Crippen molar-refractivity contribution >= 4 is 27.0 Å². The van der Waals surface area contributed by atoms with Crippen molar-refractivity contribution < 1.29 is 22.7 Å². The van der Waals surface area contributed by atoms with Crippen LogP contribution in [-0.2, 0) is 32.6 Å². The predicted octanol–water partition coefficient (Wildman–Crippen LogP) is 4.64. The van der Waals surface area contributed by atoms with Crippen molar-refractivity contribution in [1.82, 2.24) is 29.6 Å². The number of pyridine rings is 1. The van der Waals surface area contributed by atoms with Crippen molar-refractivity contribution in [3.63, 3.8) is 0 Å². The van der Waals surface area contributed by atoms with Gasteiger partial charge in [-0.2, -0.15) is 4.31 Å². The first-order valence-electron chi connectivity index (χ1n) is 16.1. The van der Waals surface area contributed by atoms with Crippen LogP contribution in [0.5, 0.6) is 5.88 Å². The van der Waals surface area contributed by atoms with Gasteiger partial charge in [-0.15, -0.1) is 5.10 Å². The van der Waals surface area contributed by atoms with E-state index in [4.69, 9.17) is 9.47 Å². The predicted molar refractivity (Wildman–Crippen MR) is 174 cm³/mol. The second-order valence-corrected chi connectivity index (χ2v) is 14.1. The summed E-state index contributed by atoms with van der Waals surface area (Å²) in [6, 6.07) is 13.3. The zero-order chi connectivity index (χ0) is 32.4. The number of carbonyl (C=O) groups excluding carboxylic acids is 1. The molecular weight excluding hydrogens is 604 g/mol. The van der Waals surface area contributed by atoms with E-state index in [0.717, 1.165) is 58.3 Å². The standard InChI is InChI=1S/C34H42N6O5S/c1-5-26-21-39(46(42,43)31-10-7-15-35-34(31)45-26)20-25-17-24(12-11-22(25)3)29(18-32(41)36-19-27-9-8-16-44-27)28-13-14-30-33(23(28)4)37-38-40(30)6-2/h7,10-15,17,26-27,29H,5-6,8-9,16,18-21H2,1-4H3,(H,36,41)/t26-,27?,29?/m1/s1. The molecule has 12 heteroatoms. The molecule has 0 radical (unpaired) electrons. The Morgan fingerprint density at radius 1 is 1.13 bits per heavy atom. The normalized spacial score (nSPS) is 20.2. The first-order chi connectivity index (χ1) is 22.2. The number of fused-ring (bicyclic) bond motifs is 2. The van der Waals surface area contributed by atoms with Crippen LogP contribution in [0, 0.1) is 13.8 Å². The molecule has 0 bridgehead atoms. The number of hydrogen-bond acceptors (Lipinski definition) is 8. The Bertz CT molecular complexity index is 1840. The highest BCUT2D eigenvalue weighted by molar-refractivity contribution is 7.89. The van der Waals surface area contributed by atoms with Crippen LogP contribution in [0.15, 0.2) is 53.6 Å². The van der Waals surface area contributed by atoms with Gasteiger partial charge in [-0.25, -0.2) is 18.1 Å². The zero-order valence-electron chi connectivity index (χ0n) is 26.9. The molecule has 2 aliphatic rings. The minimum atomic E-state index is -3.88. The summed E-state index contributed by atoms with van der Waals surface area (Å²) < 4.78 is 42.9. The topological polar surface area (TPSA) is 129 Å². The lowest BCUT2D eigenvalue weighted by Crippen LogP contribution is -2.36. The molecule has 2 aromatic carbocycles. The Hall–Kier alpha value is -3.87. The number of carbonyl (C=O) groups is 1. The molecule has 4 aromatic rings. The average Bonchev–Trinajstić information content (AvgIpc) is 3.72. The van der Waals surface area contributed by atoms with E-state index in [-0.39, 0.29) is 54.3 Å². The highest BCUT2D eigenvalue weighted by atomic mass is 32.2. The molecule has 11 nitrogen and oxygen atoms in total. The fourth-order valence-electron chi connectivity index (χ4n) is 6.44. The third-order valence-corrected chi connectivity index (χ3v) is 11.0. The van der Waals surface area contributed by atoms with Crippen LogP contribution in [0.2, 0.25) is 0 Å². The van der Waals surface area contributed by atoms with Crippen molar-refractivity contribution in [3.05, 3.63) is 76.5 Å². The largest absolute Gasteiger partial charge is 0.472 e. The highest BCUT2D eigenvalue weighted by Crippen LogP contribution is 2.36. The number of rotatable bonds is 10. The molecule has 0 aliphatic carbocycles. The van der Waals surface area contributed by atoms with Crippen molar-refractivity contribution in [1.29, 1.82) is 0 Å². The quantitative estimate of drug-likeness (QED) is 0.264. The molecule has 244 valence electrons. The number of aryl methyl sites for hydroxylation is 3. The van der Waals surface area contributed by atoms with Crippen molar-refractivity contribution in [2.45, 2.75) is 89.5 Å². The fraction of sp³-hybridized carbons (Fsp3) is 0.471. The maximum Gasteiger partial charge on any atom is 0.248 e. The lowest BCUT2D eigenvalue weighted by atomic mass is 9.84. The summed E-state index contributed by atoms with van der Waals surface area (Å²) in [4.78, 5) is 17.8. The van der Waals surface area contributed by atoms with Crippen molar-refractivity contribution in [2.75, 3.05) is 19.7 Å². The second-order valence-electron chi connectivity index (χ2n) is 12.2. The highest BCUT2D eigenvalue weighted by Gasteiger charge is 2.35. The van der Waals surface area contributed by atoms with E-state index in [2.05, 4.69) is 26.7 Å². The third-order valence-electron chi connectivity index (χ3n) is 9.21. The molecule has 0 saturated carbocycles. The fourth-order valence-corrected chi connectivity index (χ4v) is 7.96. The molecule has 1 fully saturated rings. The Balaban J connectivity index is 1.36. The minimum Gasteiger partial charge on any atom is -0.472 e. The number of ether oxygens (including phenoxy) is 2. The lowest BCUT2D eigenvalue weighted by molar-refractivity contribution is -0.121. The Morgan fingerprint density at radius 3 is 2.74 bits per heavy atom. The Kier molecular flexibility index (Phi) is 9.39. The van der Waals surface area contributed by atoms with Crippen LogP contribution >= 0.6 is 0 Å². The lowest BCUT2D eigenvalue weighted by Gasteiger charge is -2.25. The van der Waals surface area contributed by atoms with Crippen LogP contribution in [0.1, 0.15) is 73.3 Å². The van der Waals surface area contributed by atoms with Crippen molar-refractivity contribution in [3.8, 4) is 5.88 Å². The number of nitrogens with zero attached hydrogens (tertiary/aromatic N) is 5. The summed E-state index contributed by atoms with van der Waals surface area (Å²) in [5, 5.41) is 11.9. The van der Waals surface area contributed by atoms with Gasteiger partial charge in [0.1, 0.15) is 16.5 Å². The summed E-state index contributed by atoms with van der Waals surface area (Å²) >= 11 is 0. The molecule has 6 rings (SSSR count). The third kappa shape index (κ3) is 6.38. The first-order valence-corrected chi connectivity index (χ1v) is 17.6. The van der Waals surface area contributed by atoms with Gasteiger partial charge in [-0.3, -0.25) is 4.79 Å². The first kappa shape index (κ1) is 32.1. The molecule has 2 aromatic heterocycles. The van der Waals surface area contributed by atoms with Gasteiger partial charge in [0.25, 0.3) is 0 Å². The molecular formula is C34H42N6O5S. The van der Waals surface area contributed by atoms with Gasteiger partial charge in [-0.1, -0.05) is 36.4 Å². The number of hydrogen-bond donors (Lipinski definition) is 1.